The molecule has 0 saturated carbocycles. The Balaban J connectivity index is 1.25. The van der Waals surface area contributed by atoms with E-state index in [0.29, 0.717) is 19.3 Å². The van der Waals surface area contributed by atoms with Crippen molar-refractivity contribution in [3.8, 4) is 17.2 Å². The molecule has 0 radical (unpaired) electrons. The van der Waals surface area contributed by atoms with E-state index >= 15 is 0 Å². The number of rotatable bonds is 3. The second-order valence-electron chi connectivity index (χ2n) is 7.52. The minimum atomic E-state index is 0.610. The maximum atomic E-state index is 5.91. The van der Waals surface area contributed by atoms with E-state index in [4.69, 9.17) is 14.2 Å². The average Bonchev–Trinajstić information content (AvgIpc) is 3.16. The highest BCUT2D eigenvalue weighted by molar-refractivity contribution is 5.65. The standard InChI is InChI=1S/C22H26N2O3/c1-25-19-6-5-16-13-18(14-17(16)15-19)23-7-9-24(10-8-23)20-3-2-4-21-22(20)27-12-11-26-21/h2-6,15,18H,7-14H2,1H3. The molecule has 2 aromatic carbocycles. The Morgan fingerprint density at radius 1 is 0.926 bits per heavy atom. The molecule has 1 atom stereocenters. The Kier molecular flexibility index (Phi) is 4.32. The van der Waals surface area contributed by atoms with Crippen molar-refractivity contribution >= 4 is 5.69 Å². The van der Waals surface area contributed by atoms with Crippen LogP contribution in [0.4, 0.5) is 5.69 Å². The number of fused-ring (bicyclic) bond motifs is 2. The second-order valence-corrected chi connectivity index (χ2v) is 7.52. The van der Waals surface area contributed by atoms with Crippen LogP contribution in [0.3, 0.4) is 0 Å². The van der Waals surface area contributed by atoms with Crippen LogP contribution in [-0.2, 0) is 12.8 Å². The largest absolute Gasteiger partial charge is 0.497 e. The molecule has 0 amide bonds. The van der Waals surface area contributed by atoms with E-state index in [0.717, 1.165) is 56.3 Å². The SMILES string of the molecule is COc1ccc2c(c1)CC(N1CCN(c3cccc4c3OCCO4)CC1)C2. The van der Waals surface area contributed by atoms with E-state index in [1.165, 1.54) is 16.8 Å². The molecule has 5 nitrogen and oxygen atoms in total. The van der Waals surface area contributed by atoms with Gasteiger partial charge in [-0.15, -0.1) is 0 Å². The molecular weight excluding hydrogens is 340 g/mol. The molecule has 3 aliphatic rings. The lowest BCUT2D eigenvalue weighted by molar-refractivity contribution is 0.169. The normalized spacial score (nSPS) is 21.8. The van der Waals surface area contributed by atoms with Gasteiger partial charge in [0.2, 0.25) is 0 Å². The summed E-state index contributed by atoms with van der Waals surface area (Å²) in [4.78, 5) is 5.09. The van der Waals surface area contributed by atoms with E-state index in [9.17, 15) is 0 Å². The number of nitrogens with zero attached hydrogens (tertiary/aromatic N) is 2. The fourth-order valence-corrected chi connectivity index (χ4v) is 4.59. The van der Waals surface area contributed by atoms with Gasteiger partial charge in [0.25, 0.3) is 0 Å². The first-order chi connectivity index (χ1) is 13.3. The van der Waals surface area contributed by atoms with Crippen LogP contribution < -0.4 is 19.1 Å². The van der Waals surface area contributed by atoms with Crippen LogP contribution in [0.25, 0.3) is 0 Å². The van der Waals surface area contributed by atoms with Crippen molar-refractivity contribution in [1.29, 1.82) is 0 Å². The third-order valence-electron chi connectivity index (χ3n) is 6.04. The quantitative estimate of drug-likeness (QED) is 0.834. The summed E-state index contributed by atoms with van der Waals surface area (Å²) >= 11 is 0. The lowest BCUT2D eigenvalue weighted by Crippen LogP contribution is -2.50. The fraction of sp³-hybridized carbons (Fsp3) is 0.455. The molecule has 0 N–H and O–H groups in total. The second kappa shape index (κ2) is 6.97. The van der Waals surface area contributed by atoms with Crippen LogP contribution in [-0.4, -0.2) is 57.4 Å². The lowest BCUT2D eigenvalue weighted by atomic mass is 10.1. The highest BCUT2D eigenvalue weighted by Crippen LogP contribution is 2.40. The molecule has 5 rings (SSSR count). The summed E-state index contributed by atoms with van der Waals surface area (Å²) in [5.74, 6) is 2.76. The number of para-hydroxylation sites is 1. The summed E-state index contributed by atoms with van der Waals surface area (Å²) < 4.78 is 17.0. The number of benzene rings is 2. The summed E-state index contributed by atoms with van der Waals surface area (Å²) in [6.07, 6.45) is 2.28. The van der Waals surface area contributed by atoms with E-state index in [1.807, 2.05) is 6.07 Å². The Morgan fingerprint density at radius 2 is 1.74 bits per heavy atom. The molecular formula is C22H26N2O3. The molecule has 2 aromatic rings. The zero-order valence-electron chi connectivity index (χ0n) is 15.8. The highest BCUT2D eigenvalue weighted by atomic mass is 16.6. The fourth-order valence-electron chi connectivity index (χ4n) is 4.59. The lowest BCUT2D eigenvalue weighted by Gasteiger charge is -2.40. The van der Waals surface area contributed by atoms with Crippen LogP contribution in [0.5, 0.6) is 17.2 Å². The highest BCUT2D eigenvalue weighted by Gasteiger charge is 2.30. The molecule has 1 saturated heterocycles. The predicted molar refractivity (Wildman–Crippen MR) is 105 cm³/mol. The van der Waals surface area contributed by atoms with Gasteiger partial charge in [0.1, 0.15) is 19.0 Å². The average molecular weight is 366 g/mol. The van der Waals surface area contributed by atoms with Crippen molar-refractivity contribution in [2.24, 2.45) is 0 Å². The predicted octanol–water partition coefficient (Wildman–Crippen LogP) is 2.76. The number of ether oxygens (including phenoxy) is 3. The molecule has 1 aliphatic carbocycles. The summed E-state index contributed by atoms with van der Waals surface area (Å²) in [6, 6.07) is 13.4. The number of methoxy groups -OCH3 is 1. The minimum absolute atomic E-state index is 0.610. The van der Waals surface area contributed by atoms with Crippen molar-refractivity contribution in [1.82, 2.24) is 4.90 Å². The topological polar surface area (TPSA) is 34.2 Å². The number of hydrogen-bond donors (Lipinski definition) is 0. The number of anilines is 1. The van der Waals surface area contributed by atoms with Gasteiger partial charge in [-0.3, -0.25) is 4.90 Å². The van der Waals surface area contributed by atoms with Crippen LogP contribution in [0.15, 0.2) is 36.4 Å². The molecule has 2 heterocycles. The van der Waals surface area contributed by atoms with Crippen molar-refractivity contribution < 1.29 is 14.2 Å². The van der Waals surface area contributed by atoms with E-state index in [2.05, 4.69) is 40.1 Å². The first kappa shape index (κ1) is 16.8. The van der Waals surface area contributed by atoms with Crippen molar-refractivity contribution in [2.45, 2.75) is 18.9 Å². The zero-order chi connectivity index (χ0) is 18.2. The molecule has 27 heavy (non-hydrogen) atoms. The van der Waals surface area contributed by atoms with Gasteiger partial charge in [0, 0.05) is 32.2 Å². The number of piperazine rings is 1. The van der Waals surface area contributed by atoms with E-state index < -0.39 is 0 Å². The van der Waals surface area contributed by atoms with Crippen LogP contribution in [0.2, 0.25) is 0 Å². The zero-order valence-corrected chi connectivity index (χ0v) is 15.8. The molecule has 2 aliphatic heterocycles. The maximum absolute atomic E-state index is 5.91. The third kappa shape index (κ3) is 3.10. The Morgan fingerprint density at radius 3 is 2.59 bits per heavy atom. The first-order valence-electron chi connectivity index (χ1n) is 9.85. The van der Waals surface area contributed by atoms with Gasteiger partial charge in [-0.25, -0.2) is 0 Å². The van der Waals surface area contributed by atoms with Gasteiger partial charge in [-0.1, -0.05) is 12.1 Å². The molecule has 1 unspecified atom stereocenters. The van der Waals surface area contributed by atoms with Gasteiger partial charge in [0.05, 0.1) is 12.8 Å². The van der Waals surface area contributed by atoms with Crippen molar-refractivity contribution in [2.75, 3.05) is 51.4 Å². The summed E-state index contributed by atoms with van der Waals surface area (Å²) in [5.41, 5.74) is 4.10. The van der Waals surface area contributed by atoms with Gasteiger partial charge < -0.3 is 19.1 Å². The van der Waals surface area contributed by atoms with Crippen molar-refractivity contribution in [3.63, 3.8) is 0 Å². The third-order valence-corrected chi connectivity index (χ3v) is 6.04. The summed E-state index contributed by atoms with van der Waals surface area (Å²) in [7, 11) is 1.74. The molecule has 0 aromatic heterocycles. The van der Waals surface area contributed by atoms with Gasteiger partial charge >= 0.3 is 0 Å². The molecule has 5 heteroatoms. The van der Waals surface area contributed by atoms with Gasteiger partial charge in [0.15, 0.2) is 11.5 Å². The number of hydrogen-bond acceptors (Lipinski definition) is 5. The van der Waals surface area contributed by atoms with E-state index in [1.54, 1.807) is 7.11 Å². The molecule has 0 spiro atoms. The molecule has 142 valence electrons. The van der Waals surface area contributed by atoms with Crippen LogP contribution in [0.1, 0.15) is 11.1 Å². The Labute approximate surface area is 160 Å². The maximum Gasteiger partial charge on any atom is 0.184 e. The summed E-state index contributed by atoms with van der Waals surface area (Å²) in [5, 5.41) is 0. The van der Waals surface area contributed by atoms with Crippen LogP contribution >= 0.6 is 0 Å². The minimum Gasteiger partial charge on any atom is -0.497 e. The summed E-state index contributed by atoms with van der Waals surface area (Å²) in [6.45, 7) is 5.48. The van der Waals surface area contributed by atoms with Crippen molar-refractivity contribution in [3.05, 3.63) is 47.5 Å². The van der Waals surface area contributed by atoms with E-state index in [-0.39, 0.29) is 0 Å². The Bertz CT molecular complexity index is 830. The smallest absolute Gasteiger partial charge is 0.184 e. The first-order valence-corrected chi connectivity index (χ1v) is 9.85. The monoisotopic (exact) mass is 366 g/mol. The van der Waals surface area contributed by atoms with Gasteiger partial charge in [-0.2, -0.15) is 0 Å². The molecule has 1 fully saturated rings. The Hall–Kier alpha value is -2.40. The van der Waals surface area contributed by atoms with Gasteiger partial charge in [-0.05, 0) is 48.2 Å². The molecule has 0 bridgehead atoms. The van der Waals surface area contributed by atoms with Crippen LogP contribution in [0, 0.1) is 0 Å².